The van der Waals surface area contributed by atoms with Crippen LogP contribution in [0, 0.1) is 3.57 Å². The minimum atomic E-state index is -0.482. The number of benzene rings is 1. The molecule has 2 N–H and O–H groups in total. The van der Waals surface area contributed by atoms with Gasteiger partial charge in [-0.15, -0.1) is 0 Å². The lowest BCUT2D eigenvalue weighted by Crippen LogP contribution is -2.09. The Labute approximate surface area is 131 Å². The van der Waals surface area contributed by atoms with E-state index in [1.165, 1.54) is 0 Å². The zero-order valence-corrected chi connectivity index (χ0v) is 13.5. The first-order chi connectivity index (χ1) is 9.58. The van der Waals surface area contributed by atoms with Crippen molar-refractivity contribution in [2.45, 2.75) is 20.3 Å². The lowest BCUT2D eigenvalue weighted by molar-refractivity contribution is 0.0521. The van der Waals surface area contributed by atoms with Gasteiger partial charge in [0.15, 0.2) is 5.69 Å². The Morgan fingerprint density at radius 3 is 2.80 bits per heavy atom. The first-order valence-corrected chi connectivity index (χ1v) is 7.46. The van der Waals surface area contributed by atoms with Crippen LogP contribution in [0.2, 0.25) is 0 Å². The number of nitrogens with zero attached hydrogens (tertiary/aromatic N) is 2. The third-order valence-electron chi connectivity index (χ3n) is 2.83. The molecule has 0 bridgehead atoms. The van der Waals surface area contributed by atoms with Crippen molar-refractivity contribution in [1.82, 2.24) is 9.55 Å². The smallest absolute Gasteiger partial charge is 0.360 e. The molecule has 106 valence electrons. The van der Waals surface area contributed by atoms with E-state index >= 15 is 0 Å². The largest absolute Gasteiger partial charge is 0.461 e. The van der Waals surface area contributed by atoms with E-state index in [-0.39, 0.29) is 5.69 Å². The Hall–Kier alpha value is -1.57. The third-order valence-corrected chi connectivity index (χ3v) is 3.50. The Morgan fingerprint density at radius 2 is 2.20 bits per heavy atom. The number of nitrogen functional groups attached to an aromatic ring is 1. The number of nitrogens with two attached hydrogens (primary N) is 1. The van der Waals surface area contributed by atoms with Crippen molar-refractivity contribution in [3.8, 4) is 5.69 Å². The molecule has 2 aromatic rings. The second-order valence-corrected chi connectivity index (χ2v) is 5.40. The molecule has 1 aromatic heterocycles. The number of carbonyl (C=O) groups excluding carboxylic acids is 1. The van der Waals surface area contributed by atoms with E-state index in [2.05, 4.69) is 27.6 Å². The van der Waals surface area contributed by atoms with E-state index in [1.54, 1.807) is 11.5 Å². The van der Waals surface area contributed by atoms with Crippen molar-refractivity contribution in [2.24, 2.45) is 0 Å². The third kappa shape index (κ3) is 2.79. The van der Waals surface area contributed by atoms with Gasteiger partial charge in [0, 0.05) is 15.7 Å². The average Bonchev–Trinajstić information content (AvgIpc) is 2.76. The van der Waals surface area contributed by atoms with Crippen molar-refractivity contribution < 1.29 is 9.53 Å². The number of halogens is 1. The topological polar surface area (TPSA) is 70.1 Å². The number of aromatic nitrogens is 2. The van der Waals surface area contributed by atoms with E-state index in [1.807, 2.05) is 31.2 Å². The van der Waals surface area contributed by atoms with Crippen LogP contribution in [-0.4, -0.2) is 22.1 Å². The van der Waals surface area contributed by atoms with Crippen molar-refractivity contribution in [2.75, 3.05) is 12.3 Å². The number of hydrogen-bond acceptors (Lipinski definition) is 4. The Morgan fingerprint density at radius 1 is 1.45 bits per heavy atom. The molecule has 0 radical (unpaired) electrons. The highest BCUT2D eigenvalue weighted by molar-refractivity contribution is 14.1. The van der Waals surface area contributed by atoms with E-state index in [4.69, 9.17) is 10.5 Å². The fourth-order valence-electron chi connectivity index (χ4n) is 1.97. The van der Waals surface area contributed by atoms with Crippen LogP contribution in [0.4, 0.5) is 5.82 Å². The molecule has 1 heterocycles. The number of hydrogen-bond donors (Lipinski definition) is 1. The molecule has 0 fully saturated rings. The second-order valence-electron chi connectivity index (χ2n) is 4.15. The molecular formula is C14H16IN3O2. The van der Waals surface area contributed by atoms with Crippen LogP contribution in [0.15, 0.2) is 24.3 Å². The summed E-state index contributed by atoms with van der Waals surface area (Å²) in [6.45, 7) is 4.03. The SMILES string of the molecule is CCOC(=O)c1nc(CC)n(-c2cccc(I)c2)c1N. The summed E-state index contributed by atoms with van der Waals surface area (Å²) in [7, 11) is 0. The van der Waals surface area contributed by atoms with Gasteiger partial charge in [0.2, 0.25) is 0 Å². The first kappa shape index (κ1) is 14.8. The van der Waals surface area contributed by atoms with Gasteiger partial charge in [-0.2, -0.15) is 0 Å². The Kier molecular flexibility index (Phi) is 4.64. The number of esters is 1. The summed E-state index contributed by atoms with van der Waals surface area (Å²) in [6.07, 6.45) is 0.676. The van der Waals surface area contributed by atoms with Crippen LogP contribution in [-0.2, 0) is 11.2 Å². The molecule has 0 unspecified atom stereocenters. The van der Waals surface area contributed by atoms with Gasteiger partial charge in [-0.3, -0.25) is 4.57 Å². The monoisotopic (exact) mass is 385 g/mol. The van der Waals surface area contributed by atoms with Gasteiger partial charge < -0.3 is 10.5 Å². The van der Waals surface area contributed by atoms with Crippen LogP contribution in [0.3, 0.4) is 0 Å². The highest BCUT2D eigenvalue weighted by Gasteiger charge is 2.21. The van der Waals surface area contributed by atoms with Crippen LogP contribution >= 0.6 is 22.6 Å². The molecule has 0 aliphatic heterocycles. The molecule has 2 rings (SSSR count). The molecule has 5 nitrogen and oxygen atoms in total. The molecular weight excluding hydrogens is 369 g/mol. The fourth-order valence-corrected chi connectivity index (χ4v) is 2.50. The number of imidazole rings is 1. The van der Waals surface area contributed by atoms with Gasteiger partial charge in [0.1, 0.15) is 11.6 Å². The maximum absolute atomic E-state index is 11.9. The highest BCUT2D eigenvalue weighted by Crippen LogP contribution is 2.23. The number of anilines is 1. The highest BCUT2D eigenvalue weighted by atomic mass is 127. The summed E-state index contributed by atoms with van der Waals surface area (Å²) in [5.41, 5.74) is 7.17. The number of aryl methyl sites for hydroxylation is 1. The van der Waals surface area contributed by atoms with E-state index < -0.39 is 5.97 Å². The van der Waals surface area contributed by atoms with Crippen molar-refractivity contribution in [1.29, 1.82) is 0 Å². The van der Waals surface area contributed by atoms with Crippen LogP contribution in [0.1, 0.15) is 30.2 Å². The molecule has 0 aliphatic rings. The summed E-state index contributed by atoms with van der Waals surface area (Å²) in [4.78, 5) is 16.2. The summed E-state index contributed by atoms with van der Waals surface area (Å²) < 4.78 is 7.88. The minimum Gasteiger partial charge on any atom is -0.461 e. The lowest BCUT2D eigenvalue weighted by Gasteiger charge is -2.09. The van der Waals surface area contributed by atoms with Gasteiger partial charge in [0.25, 0.3) is 0 Å². The Balaban J connectivity index is 2.55. The summed E-state index contributed by atoms with van der Waals surface area (Å²) >= 11 is 2.24. The number of ether oxygens (including phenoxy) is 1. The van der Waals surface area contributed by atoms with E-state index in [0.29, 0.717) is 18.8 Å². The number of carbonyl (C=O) groups is 1. The van der Waals surface area contributed by atoms with Gasteiger partial charge in [-0.05, 0) is 47.7 Å². The molecule has 0 saturated carbocycles. The standard InChI is InChI=1S/C14H16IN3O2/c1-3-11-17-12(14(19)20-4-2)13(16)18(11)10-7-5-6-9(15)8-10/h5-8H,3-4,16H2,1-2H3. The van der Waals surface area contributed by atoms with Crippen LogP contribution in [0.5, 0.6) is 0 Å². The minimum absolute atomic E-state index is 0.183. The summed E-state index contributed by atoms with van der Waals surface area (Å²) in [5.74, 6) is 0.582. The normalized spacial score (nSPS) is 10.6. The fraction of sp³-hybridized carbons (Fsp3) is 0.286. The quantitative estimate of drug-likeness (QED) is 0.649. The molecule has 20 heavy (non-hydrogen) atoms. The molecule has 6 heteroatoms. The average molecular weight is 385 g/mol. The van der Waals surface area contributed by atoms with Crippen molar-refractivity contribution >= 4 is 34.4 Å². The maximum Gasteiger partial charge on any atom is 0.360 e. The number of rotatable bonds is 4. The summed E-state index contributed by atoms with van der Waals surface area (Å²) in [6, 6.07) is 7.87. The van der Waals surface area contributed by atoms with Crippen molar-refractivity contribution in [3.63, 3.8) is 0 Å². The van der Waals surface area contributed by atoms with Crippen molar-refractivity contribution in [3.05, 3.63) is 39.4 Å². The molecule has 0 saturated heterocycles. The Bertz CT molecular complexity index is 637. The van der Waals surface area contributed by atoms with Gasteiger partial charge in [-0.1, -0.05) is 13.0 Å². The predicted octanol–water partition coefficient (Wildman–Crippen LogP) is 2.80. The van der Waals surface area contributed by atoms with E-state index in [0.717, 1.165) is 15.1 Å². The van der Waals surface area contributed by atoms with Gasteiger partial charge in [-0.25, -0.2) is 9.78 Å². The summed E-state index contributed by atoms with van der Waals surface area (Å²) in [5, 5.41) is 0. The first-order valence-electron chi connectivity index (χ1n) is 6.38. The van der Waals surface area contributed by atoms with E-state index in [9.17, 15) is 4.79 Å². The molecule has 0 aliphatic carbocycles. The van der Waals surface area contributed by atoms with Gasteiger partial charge in [0.05, 0.1) is 6.61 Å². The predicted molar refractivity (Wildman–Crippen MR) is 86.0 cm³/mol. The zero-order chi connectivity index (χ0) is 14.7. The molecule has 0 atom stereocenters. The lowest BCUT2D eigenvalue weighted by atomic mass is 10.3. The van der Waals surface area contributed by atoms with Crippen LogP contribution < -0.4 is 5.73 Å². The molecule has 0 spiro atoms. The second kappa shape index (κ2) is 6.25. The van der Waals surface area contributed by atoms with Crippen LogP contribution in [0.25, 0.3) is 5.69 Å². The molecule has 0 amide bonds. The molecule has 1 aromatic carbocycles. The maximum atomic E-state index is 11.9. The van der Waals surface area contributed by atoms with Gasteiger partial charge >= 0.3 is 5.97 Å². The zero-order valence-electron chi connectivity index (χ0n) is 11.4.